The van der Waals surface area contributed by atoms with Crippen molar-refractivity contribution in [2.45, 2.75) is 27.3 Å². The first-order valence-electron chi connectivity index (χ1n) is 8.73. The SMILES string of the molecule is CCN(CC)Cc1cccc(NC(=O)c2sc(-c3ccsc3)nc2C)c1. The van der Waals surface area contributed by atoms with Gasteiger partial charge in [0.1, 0.15) is 9.88 Å². The summed E-state index contributed by atoms with van der Waals surface area (Å²) in [6.07, 6.45) is 0. The van der Waals surface area contributed by atoms with Crippen LogP contribution in [-0.4, -0.2) is 28.9 Å². The van der Waals surface area contributed by atoms with Crippen LogP contribution in [-0.2, 0) is 6.54 Å². The Morgan fingerprint density at radius 1 is 1.23 bits per heavy atom. The third-order valence-corrected chi connectivity index (χ3v) is 6.14. The maximum absolute atomic E-state index is 12.7. The number of thiazole rings is 1. The van der Waals surface area contributed by atoms with Gasteiger partial charge in [-0.25, -0.2) is 4.98 Å². The molecule has 3 aromatic rings. The standard InChI is InChI=1S/C20H23N3OS2/c1-4-23(5-2)12-15-7-6-8-17(11-15)22-19(24)18-14(3)21-20(26-18)16-9-10-25-13-16/h6-11,13H,4-5,12H2,1-3H3,(H,22,24). The zero-order valence-electron chi connectivity index (χ0n) is 15.3. The summed E-state index contributed by atoms with van der Waals surface area (Å²) in [6.45, 7) is 9.12. The van der Waals surface area contributed by atoms with Crippen LogP contribution < -0.4 is 5.32 Å². The van der Waals surface area contributed by atoms with Gasteiger partial charge in [-0.05, 0) is 49.2 Å². The highest BCUT2D eigenvalue weighted by Gasteiger charge is 2.17. The Morgan fingerprint density at radius 3 is 2.73 bits per heavy atom. The fourth-order valence-corrected chi connectivity index (χ4v) is 4.43. The molecule has 4 nitrogen and oxygen atoms in total. The second kappa shape index (κ2) is 8.58. The maximum Gasteiger partial charge on any atom is 0.267 e. The monoisotopic (exact) mass is 385 g/mol. The van der Waals surface area contributed by atoms with Gasteiger partial charge in [-0.1, -0.05) is 26.0 Å². The number of anilines is 1. The van der Waals surface area contributed by atoms with E-state index in [1.807, 2.05) is 36.6 Å². The van der Waals surface area contributed by atoms with Crippen LogP contribution in [0.1, 0.15) is 34.8 Å². The lowest BCUT2D eigenvalue weighted by molar-refractivity contribution is 0.103. The zero-order chi connectivity index (χ0) is 18.5. The molecule has 0 aliphatic heterocycles. The first-order chi connectivity index (χ1) is 12.6. The number of nitrogens with zero attached hydrogens (tertiary/aromatic N) is 2. The van der Waals surface area contributed by atoms with E-state index >= 15 is 0 Å². The van der Waals surface area contributed by atoms with Crippen molar-refractivity contribution in [1.82, 2.24) is 9.88 Å². The van der Waals surface area contributed by atoms with Crippen LogP contribution in [0, 0.1) is 6.92 Å². The molecule has 26 heavy (non-hydrogen) atoms. The summed E-state index contributed by atoms with van der Waals surface area (Å²) in [5.41, 5.74) is 3.87. The van der Waals surface area contributed by atoms with Crippen LogP contribution in [0.25, 0.3) is 10.6 Å². The Labute approximate surface area is 162 Å². The highest BCUT2D eigenvalue weighted by Crippen LogP contribution is 2.30. The number of amides is 1. The average Bonchev–Trinajstić information content (AvgIpc) is 3.29. The lowest BCUT2D eigenvalue weighted by atomic mass is 10.2. The fourth-order valence-electron chi connectivity index (χ4n) is 2.76. The highest BCUT2D eigenvalue weighted by atomic mass is 32.1. The third kappa shape index (κ3) is 4.38. The topological polar surface area (TPSA) is 45.2 Å². The molecule has 0 fully saturated rings. The van der Waals surface area contributed by atoms with E-state index in [0.717, 1.165) is 41.6 Å². The van der Waals surface area contributed by atoms with Gasteiger partial charge in [-0.3, -0.25) is 9.69 Å². The van der Waals surface area contributed by atoms with Crippen molar-refractivity contribution >= 4 is 34.3 Å². The Morgan fingerprint density at radius 2 is 2.04 bits per heavy atom. The summed E-state index contributed by atoms with van der Waals surface area (Å²) in [5, 5.41) is 7.99. The van der Waals surface area contributed by atoms with Crippen molar-refractivity contribution in [2.24, 2.45) is 0 Å². The number of aromatic nitrogens is 1. The van der Waals surface area contributed by atoms with Gasteiger partial charge in [-0.2, -0.15) is 11.3 Å². The second-order valence-corrected chi connectivity index (χ2v) is 7.84. The first kappa shape index (κ1) is 18.8. The molecule has 0 bridgehead atoms. The van der Waals surface area contributed by atoms with E-state index in [1.54, 1.807) is 11.3 Å². The molecule has 2 heterocycles. The number of rotatable bonds is 7. The zero-order valence-corrected chi connectivity index (χ0v) is 16.9. The third-order valence-electron chi connectivity index (χ3n) is 4.26. The van der Waals surface area contributed by atoms with Crippen LogP contribution in [0.3, 0.4) is 0 Å². The van der Waals surface area contributed by atoms with Crippen LogP contribution in [0.5, 0.6) is 0 Å². The van der Waals surface area contributed by atoms with E-state index < -0.39 is 0 Å². The lowest BCUT2D eigenvalue weighted by Crippen LogP contribution is -2.22. The molecule has 1 amide bonds. The van der Waals surface area contributed by atoms with Crippen molar-refractivity contribution < 1.29 is 4.79 Å². The molecule has 0 aliphatic rings. The number of nitrogens with one attached hydrogen (secondary N) is 1. The molecule has 1 N–H and O–H groups in total. The van der Waals surface area contributed by atoms with Crippen molar-refractivity contribution in [3.8, 4) is 10.6 Å². The number of thiophene rings is 1. The summed E-state index contributed by atoms with van der Waals surface area (Å²) < 4.78 is 0. The predicted octanol–water partition coefficient (Wildman–Crippen LogP) is 5.27. The van der Waals surface area contributed by atoms with Gasteiger partial charge < -0.3 is 5.32 Å². The molecule has 0 aliphatic carbocycles. The van der Waals surface area contributed by atoms with Crippen LogP contribution in [0.4, 0.5) is 5.69 Å². The van der Waals surface area contributed by atoms with E-state index in [2.05, 4.69) is 40.5 Å². The Hall–Kier alpha value is -2.02. The Kier molecular flexibility index (Phi) is 6.19. The van der Waals surface area contributed by atoms with E-state index in [0.29, 0.717) is 4.88 Å². The number of carbonyl (C=O) groups excluding carboxylic acids is 1. The minimum Gasteiger partial charge on any atom is -0.321 e. The summed E-state index contributed by atoms with van der Waals surface area (Å²) >= 11 is 3.07. The molecule has 0 unspecified atom stereocenters. The smallest absolute Gasteiger partial charge is 0.267 e. The van der Waals surface area contributed by atoms with E-state index in [-0.39, 0.29) is 5.91 Å². The molecule has 136 valence electrons. The average molecular weight is 386 g/mol. The molecule has 0 atom stereocenters. The molecule has 2 aromatic heterocycles. The van der Waals surface area contributed by atoms with Crippen molar-refractivity contribution in [1.29, 1.82) is 0 Å². The number of hydrogen-bond donors (Lipinski definition) is 1. The number of carbonyl (C=O) groups is 1. The van der Waals surface area contributed by atoms with Gasteiger partial charge in [-0.15, -0.1) is 11.3 Å². The summed E-state index contributed by atoms with van der Waals surface area (Å²) in [7, 11) is 0. The molecule has 0 saturated heterocycles. The quantitative estimate of drug-likeness (QED) is 0.602. The minimum absolute atomic E-state index is 0.0959. The predicted molar refractivity (Wildman–Crippen MR) is 111 cm³/mol. The summed E-state index contributed by atoms with van der Waals surface area (Å²) in [6, 6.07) is 10.1. The molecule has 6 heteroatoms. The highest BCUT2D eigenvalue weighted by molar-refractivity contribution is 7.17. The maximum atomic E-state index is 12.7. The van der Waals surface area contributed by atoms with Gasteiger partial charge in [0.05, 0.1) is 5.69 Å². The molecular formula is C20H23N3OS2. The van der Waals surface area contributed by atoms with Gasteiger partial charge in [0.2, 0.25) is 0 Å². The first-order valence-corrected chi connectivity index (χ1v) is 10.5. The molecular weight excluding hydrogens is 362 g/mol. The molecule has 0 saturated carbocycles. The van der Waals surface area contributed by atoms with Gasteiger partial charge in [0.15, 0.2) is 0 Å². The molecule has 1 aromatic carbocycles. The largest absolute Gasteiger partial charge is 0.321 e. The van der Waals surface area contributed by atoms with Crippen LogP contribution in [0.2, 0.25) is 0 Å². The second-order valence-electron chi connectivity index (χ2n) is 6.06. The number of aryl methyl sites for hydroxylation is 1. The van der Waals surface area contributed by atoms with Gasteiger partial charge in [0, 0.05) is 23.2 Å². The molecule has 0 spiro atoms. The van der Waals surface area contributed by atoms with Gasteiger partial charge >= 0.3 is 0 Å². The van der Waals surface area contributed by atoms with Crippen molar-refractivity contribution in [3.63, 3.8) is 0 Å². The van der Waals surface area contributed by atoms with E-state index in [4.69, 9.17) is 0 Å². The van der Waals surface area contributed by atoms with Crippen LogP contribution in [0.15, 0.2) is 41.1 Å². The Balaban J connectivity index is 1.74. The van der Waals surface area contributed by atoms with Crippen molar-refractivity contribution in [3.05, 3.63) is 57.2 Å². The minimum atomic E-state index is -0.0959. The van der Waals surface area contributed by atoms with Gasteiger partial charge in [0.25, 0.3) is 5.91 Å². The van der Waals surface area contributed by atoms with Crippen LogP contribution >= 0.6 is 22.7 Å². The lowest BCUT2D eigenvalue weighted by Gasteiger charge is -2.18. The summed E-state index contributed by atoms with van der Waals surface area (Å²) in [4.78, 5) is 20.3. The van der Waals surface area contributed by atoms with Crippen molar-refractivity contribution in [2.75, 3.05) is 18.4 Å². The number of hydrogen-bond acceptors (Lipinski definition) is 5. The fraction of sp³-hybridized carbons (Fsp3) is 0.300. The normalized spacial score (nSPS) is 11.1. The number of benzene rings is 1. The van der Waals surface area contributed by atoms with E-state index in [1.165, 1.54) is 16.9 Å². The van der Waals surface area contributed by atoms with E-state index in [9.17, 15) is 4.79 Å². The molecule has 3 rings (SSSR count). The summed E-state index contributed by atoms with van der Waals surface area (Å²) in [5.74, 6) is -0.0959. The molecule has 0 radical (unpaired) electrons. The Bertz CT molecular complexity index is 867.